The van der Waals surface area contributed by atoms with Crippen LogP contribution in [0.4, 0.5) is 0 Å². The summed E-state index contributed by atoms with van der Waals surface area (Å²) in [5.74, 6) is 0.442. The Balaban J connectivity index is 2.74. The van der Waals surface area contributed by atoms with Gasteiger partial charge in [0.05, 0.1) is 12.1 Å². The number of nitrogens with one attached hydrogen (secondary N) is 2. The van der Waals surface area contributed by atoms with E-state index in [2.05, 4.69) is 16.4 Å². The number of rotatable bonds is 5. The van der Waals surface area contributed by atoms with Crippen molar-refractivity contribution in [1.82, 2.24) is 9.44 Å². The molecule has 0 bridgehead atoms. The zero-order valence-electron chi connectivity index (χ0n) is 10.9. The first-order chi connectivity index (χ1) is 7.79. The second-order valence-electron chi connectivity index (χ2n) is 5.52. The van der Waals surface area contributed by atoms with Gasteiger partial charge in [0.25, 0.3) is 10.2 Å². The molecule has 2 atom stereocenters. The fraction of sp³-hybridized carbons (Fsp3) is 1.00. The van der Waals surface area contributed by atoms with Crippen molar-refractivity contribution in [2.24, 2.45) is 5.92 Å². The highest BCUT2D eigenvalue weighted by molar-refractivity contribution is 7.87. The molecule has 17 heavy (non-hydrogen) atoms. The van der Waals surface area contributed by atoms with Crippen LogP contribution in [-0.2, 0) is 10.2 Å². The van der Waals surface area contributed by atoms with E-state index in [0.29, 0.717) is 18.8 Å². The predicted molar refractivity (Wildman–Crippen MR) is 67.8 cm³/mol. The Labute approximate surface area is 104 Å². The minimum absolute atomic E-state index is 0.143. The van der Waals surface area contributed by atoms with Gasteiger partial charge in [-0.2, -0.15) is 17.9 Å². The number of aliphatic hydroxyl groups is 1. The Bertz CT molecular complexity index is 343. The molecule has 3 N–H and O–H groups in total. The first-order valence-electron chi connectivity index (χ1n) is 6.21. The van der Waals surface area contributed by atoms with Crippen LogP contribution in [0.25, 0.3) is 0 Å². The maximum atomic E-state index is 11.8. The van der Waals surface area contributed by atoms with Gasteiger partial charge in [-0.25, -0.2) is 0 Å². The summed E-state index contributed by atoms with van der Waals surface area (Å²) in [4.78, 5) is 0. The lowest BCUT2D eigenvalue weighted by atomic mass is 9.78. The van der Waals surface area contributed by atoms with Crippen molar-refractivity contribution in [1.29, 1.82) is 0 Å². The molecule has 0 heterocycles. The van der Waals surface area contributed by atoms with Gasteiger partial charge in [0.1, 0.15) is 0 Å². The molecule has 0 radical (unpaired) electrons. The van der Waals surface area contributed by atoms with E-state index in [1.807, 2.05) is 0 Å². The van der Waals surface area contributed by atoms with Gasteiger partial charge in [-0.05, 0) is 32.6 Å². The SMILES string of the molecule is CC1CCCC(CO)(NS(=O)(=O)NC(C)C)C1. The minimum Gasteiger partial charge on any atom is -0.394 e. The first kappa shape index (κ1) is 14.9. The van der Waals surface area contributed by atoms with Gasteiger partial charge in [-0.15, -0.1) is 0 Å². The lowest BCUT2D eigenvalue weighted by Gasteiger charge is -2.39. The maximum absolute atomic E-state index is 11.8. The molecule has 1 aliphatic rings. The van der Waals surface area contributed by atoms with Crippen molar-refractivity contribution >= 4 is 10.2 Å². The lowest BCUT2D eigenvalue weighted by Crippen LogP contribution is -2.57. The van der Waals surface area contributed by atoms with Crippen LogP contribution in [0.15, 0.2) is 0 Å². The first-order valence-corrected chi connectivity index (χ1v) is 7.69. The second kappa shape index (κ2) is 5.65. The third-order valence-electron chi connectivity index (χ3n) is 3.14. The standard InChI is InChI=1S/C11H24N2O3S/c1-9(2)12-17(15,16)13-11(8-14)6-4-5-10(3)7-11/h9-10,12-14H,4-8H2,1-3H3. The third kappa shape index (κ3) is 4.54. The summed E-state index contributed by atoms with van der Waals surface area (Å²) in [6, 6.07) is -0.149. The Morgan fingerprint density at radius 1 is 1.47 bits per heavy atom. The average Bonchev–Trinajstić information content (AvgIpc) is 2.14. The van der Waals surface area contributed by atoms with Crippen LogP contribution in [0.5, 0.6) is 0 Å². The average molecular weight is 264 g/mol. The van der Waals surface area contributed by atoms with Crippen LogP contribution in [0, 0.1) is 5.92 Å². The lowest BCUT2D eigenvalue weighted by molar-refractivity contribution is 0.119. The van der Waals surface area contributed by atoms with E-state index in [0.717, 1.165) is 12.8 Å². The Hall–Kier alpha value is -0.170. The molecule has 0 spiro atoms. The van der Waals surface area contributed by atoms with Crippen molar-refractivity contribution in [3.8, 4) is 0 Å². The molecule has 1 aliphatic carbocycles. The molecule has 1 rings (SSSR count). The topological polar surface area (TPSA) is 78.4 Å². The number of aliphatic hydroxyl groups excluding tert-OH is 1. The number of hydrogen-bond acceptors (Lipinski definition) is 3. The van der Waals surface area contributed by atoms with Gasteiger partial charge < -0.3 is 5.11 Å². The fourth-order valence-corrected chi connectivity index (χ4v) is 4.05. The summed E-state index contributed by atoms with van der Waals surface area (Å²) in [5, 5.41) is 9.50. The molecule has 2 unspecified atom stereocenters. The fourth-order valence-electron chi connectivity index (χ4n) is 2.55. The minimum atomic E-state index is -3.53. The van der Waals surface area contributed by atoms with Crippen molar-refractivity contribution in [2.75, 3.05) is 6.61 Å². The van der Waals surface area contributed by atoms with E-state index < -0.39 is 15.7 Å². The van der Waals surface area contributed by atoms with Crippen LogP contribution < -0.4 is 9.44 Å². The van der Waals surface area contributed by atoms with Crippen LogP contribution in [0.2, 0.25) is 0 Å². The van der Waals surface area contributed by atoms with Crippen LogP contribution in [0.1, 0.15) is 46.5 Å². The molecular formula is C11H24N2O3S. The summed E-state index contributed by atoms with van der Waals surface area (Å²) in [6.07, 6.45) is 3.45. The molecule has 6 heteroatoms. The quantitative estimate of drug-likeness (QED) is 0.686. The van der Waals surface area contributed by atoms with E-state index in [1.54, 1.807) is 13.8 Å². The summed E-state index contributed by atoms with van der Waals surface area (Å²) < 4.78 is 28.8. The van der Waals surface area contributed by atoms with Crippen molar-refractivity contribution in [3.05, 3.63) is 0 Å². The van der Waals surface area contributed by atoms with Gasteiger partial charge in [0.15, 0.2) is 0 Å². The van der Waals surface area contributed by atoms with Gasteiger partial charge in [0, 0.05) is 6.04 Å². The van der Waals surface area contributed by atoms with Gasteiger partial charge >= 0.3 is 0 Å². The normalized spacial score (nSPS) is 30.8. The molecule has 0 saturated heterocycles. The third-order valence-corrected chi connectivity index (χ3v) is 4.62. The molecule has 1 fully saturated rings. The molecule has 5 nitrogen and oxygen atoms in total. The van der Waals surface area contributed by atoms with E-state index in [4.69, 9.17) is 0 Å². The van der Waals surface area contributed by atoms with Crippen molar-refractivity contribution in [3.63, 3.8) is 0 Å². The summed E-state index contributed by atoms with van der Waals surface area (Å²) in [7, 11) is -3.53. The summed E-state index contributed by atoms with van der Waals surface area (Å²) in [5.41, 5.74) is -0.682. The van der Waals surface area contributed by atoms with Gasteiger partial charge in [-0.3, -0.25) is 0 Å². The summed E-state index contributed by atoms with van der Waals surface area (Å²) in [6.45, 7) is 5.49. The highest BCUT2D eigenvalue weighted by atomic mass is 32.2. The summed E-state index contributed by atoms with van der Waals surface area (Å²) >= 11 is 0. The maximum Gasteiger partial charge on any atom is 0.277 e. The Morgan fingerprint density at radius 2 is 2.12 bits per heavy atom. The van der Waals surface area contributed by atoms with Gasteiger partial charge in [0.2, 0.25) is 0 Å². The molecule has 0 aromatic carbocycles. The Kier molecular flexibility index (Phi) is 4.95. The van der Waals surface area contributed by atoms with E-state index in [9.17, 15) is 13.5 Å². The monoisotopic (exact) mass is 264 g/mol. The van der Waals surface area contributed by atoms with Crippen molar-refractivity contribution in [2.45, 2.75) is 58.0 Å². The van der Waals surface area contributed by atoms with Crippen LogP contribution in [0.3, 0.4) is 0 Å². The largest absolute Gasteiger partial charge is 0.394 e. The molecule has 0 aliphatic heterocycles. The zero-order chi connectivity index (χ0) is 13.1. The molecule has 0 aromatic heterocycles. The van der Waals surface area contributed by atoms with Crippen LogP contribution >= 0.6 is 0 Å². The predicted octanol–water partition coefficient (Wildman–Crippen LogP) is 0.760. The van der Waals surface area contributed by atoms with Crippen LogP contribution in [-0.4, -0.2) is 31.7 Å². The van der Waals surface area contributed by atoms with E-state index in [-0.39, 0.29) is 12.6 Å². The number of hydrogen-bond donors (Lipinski definition) is 3. The molecule has 1 saturated carbocycles. The highest BCUT2D eigenvalue weighted by Crippen LogP contribution is 2.32. The highest BCUT2D eigenvalue weighted by Gasteiger charge is 2.37. The van der Waals surface area contributed by atoms with Gasteiger partial charge in [-0.1, -0.05) is 19.8 Å². The Morgan fingerprint density at radius 3 is 2.59 bits per heavy atom. The molecule has 0 amide bonds. The zero-order valence-corrected chi connectivity index (χ0v) is 11.7. The van der Waals surface area contributed by atoms with E-state index >= 15 is 0 Å². The molecule has 102 valence electrons. The smallest absolute Gasteiger partial charge is 0.277 e. The van der Waals surface area contributed by atoms with E-state index in [1.165, 1.54) is 0 Å². The van der Waals surface area contributed by atoms with Crippen molar-refractivity contribution < 1.29 is 13.5 Å². The molecular weight excluding hydrogens is 240 g/mol. The molecule has 0 aromatic rings. The second-order valence-corrected chi connectivity index (χ2v) is 6.96.